The Morgan fingerprint density at radius 1 is 1.52 bits per heavy atom. The van der Waals surface area contributed by atoms with Crippen LogP contribution >= 0.6 is 11.5 Å². The molecule has 3 N–H and O–H groups in total. The Labute approximate surface area is 128 Å². The van der Waals surface area contributed by atoms with Gasteiger partial charge in [-0.15, -0.1) is 5.10 Å². The molecule has 1 aromatic heterocycles. The highest BCUT2D eigenvalue weighted by atomic mass is 32.1. The highest BCUT2D eigenvalue weighted by molar-refractivity contribution is 7.08. The Morgan fingerprint density at radius 3 is 3.05 bits per heavy atom. The van der Waals surface area contributed by atoms with E-state index in [2.05, 4.69) is 14.9 Å². The van der Waals surface area contributed by atoms with Gasteiger partial charge >= 0.3 is 0 Å². The predicted octanol–water partition coefficient (Wildman–Crippen LogP) is 0.0276. The number of piperidine rings is 1. The van der Waals surface area contributed by atoms with Crippen molar-refractivity contribution < 1.29 is 9.59 Å². The molecule has 0 bridgehead atoms. The highest BCUT2D eigenvalue weighted by Crippen LogP contribution is 2.21. The van der Waals surface area contributed by atoms with Gasteiger partial charge in [-0.1, -0.05) is 11.4 Å². The van der Waals surface area contributed by atoms with Crippen molar-refractivity contribution in [3.63, 3.8) is 0 Å². The van der Waals surface area contributed by atoms with Gasteiger partial charge in [0.05, 0.1) is 11.6 Å². The molecule has 0 aromatic carbocycles. The van der Waals surface area contributed by atoms with Crippen molar-refractivity contribution in [1.29, 1.82) is 0 Å². The number of nitrogens with zero attached hydrogens (tertiary/aromatic N) is 3. The number of aromatic nitrogens is 2. The van der Waals surface area contributed by atoms with Crippen LogP contribution in [0.3, 0.4) is 0 Å². The maximum atomic E-state index is 12.5. The standard InChI is InChI=1S/C13H21N5O2S/c1-2-10-11(21-17-16-10)13(20)18-7-3-4-9(8-18)12(19)15-6-5-14/h9H,2-8,14H2,1H3,(H,15,19). The Morgan fingerprint density at radius 2 is 2.33 bits per heavy atom. The number of carbonyl (C=O) groups excluding carboxylic acids is 2. The molecule has 1 unspecified atom stereocenters. The molecule has 7 nitrogen and oxygen atoms in total. The lowest BCUT2D eigenvalue weighted by molar-refractivity contribution is -0.126. The molecule has 0 aliphatic carbocycles. The zero-order chi connectivity index (χ0) is 15.2. The Kier molecular flexibility index (Phi) is 5.63. The first kappa shape index (κ1) is 15.8. The second-order valence-electron chi connectivity index (χ2n) is 5.07. The first-order valence-electron chi connectivity index (χ1n) is 7.25. The third-order valence-electron chi connectivity index (χ3n) is 3.61. The Bertz CT molecular complexity index is 505. The molecule has 2 heterocycles. The fourth-order valence-corrected chi connectivity index (χ4v) is 3.18. The van der Waals surface area contributed by atoms with Crippen LogP contribution in [0.4, 0.5) is 0 Å². The minimum atomic E-state index is -0.153. The zero-order valence-corrected chi connectivity index (χ0v) is 13.0. The summed E-state index contributed by atoms with van der Waals surface area (Å²) in [7, 11) is 0. The van der Waals surface area contributed by atoms with Crippen LogP contribution in [0.2, 0.25) is 0 Å². The van der Waals surface area contributed by atoms with Crippen LogP contribution in [0.1, 0.15) is 35.1 Å². The molecule has 116 valence electrons. The molecule has 21 heavy (non-hydrogen) atoms. The first-order valence-corrected chi connectivity index (χ1v) is 8.03. The van der Waals surface area contributed by atoms with Crippen LogP contribution in [0.15, 0.2) is 0 Å². The summed E-state index contributed by atoms with van der Waals surface area (Å²) in [5.41, 5.74) is 6.12. The molecular formula is C13H21N5O2S. The number of hydrogen-bond acceptors (Lipinski definition) is 6. The third kappa shape index (κ3) is 3.76. The van der Waals surface area contributed by atoms with Gasteiger partial charge in [0.15, 0.2) is 0 Å². The van der Waals surface area contributed by atoms with E-state index in [1.807, 2.05) is 6.92 Å². The number of carbonyl (C=O) groups is 2. The van der Waals surface area contributed by atoms with Crippen molar-refractivity contribution in [3.8, 4) is 0 Å². The lowest BCUT2D eigenvalue weighted by Gasteiger charge is -2.31. The quantitative estimate of drug-likeness (QED) is 0.799. The molecule has 0 spiro atoms. The summed E-state index contributed by atoms with van der Waals surface area (Å²) in [6.45, 7) is 3.99. The van der Waals surface area contributed by atoms with E-state index in [-0.39, 0.29) is 17.7 Å². The van der Waals surface area contributed by atoms with E-state index in [0.717, 1.165) is 30.1 Å². The topological polar surface area (TPSA) is 101 Å². The molecule has 2 amide bonds. The lowest BCUT2D eigenvalue weighted by atomic mass is 9.97. The molecule has 0 saturated carbocycles. The monoisotopic (exact) mass is 311 g/mol. The fourth-order valence-electron chi connectivity index (χ4n) is 2.46. The van der Waals surface area contributed by atoms with Crippen LogP contribution in [-0.2, 0) is 11.2 Å². The molecule has 1 aliphatic rings. The Balaban J connectivity index is 2.00. The second kappa shape index (κ2) is 7.46. The lowest BCUT2D eigenvalue weighted by Crippen LogP contribution is -2.46. The van der Waals surface area contributed by atoms with E-state index in [0.29, 0.717) is 37.5 Å². The SMILES string of the molecule is CCc1nnsc1C(=O)N1CCCC(C(=O)NCCN)C1. The summed E-state index contributed by atoms with van der Waals surface area (Å²) < 4.78 is 3.85. The number of amides is 2. The number of aryl methyl sites for hydroxylation is 1. The van der Waals surface area contributed by atoms with E-state index >= 15 is 0 Å². The average Bonchev–Trinajstić information content (AvgIpc) is 3.00. The normalized spacial score (nSPS) is 18.6. The molecule has 1 aliphatic heterocycles. The summed E-state index contributed by atoms with van der Waals surface area (Å²) in [6.07, 6.45) is 2.33. The van der Waals surface area contributed by atoms with Crippen molar-refractivity contribution >= 4 is 23.3 Å². The number of nitrogens with two attached hydrogens (primary N) is 1. The largest absolute Gasteiger partial charge is 0.355 e. The van der Waals surface area contributed by atoms with Gasteiger partial charge in [-0.05, 0) is 30.8 Å². The van der Waals surface area contributed by atoms with E-state index in [9.17, 15) is 9.59 Å². The van der Waals surface area contributed by atoms with Crippen molar-refractivity contribution in [2.24, 2.45) is 11.7 Å². The van der Waals surface area contributed by atoms with E-state index in [1.54, 1.807) is 4.90 Å². The minimum Gasteiger partial charge on any atom is -0.355 e. The van der Waals surface area contributed by atoms with Crippen molar-refractivity contribution in [2.75, 3.05) is 26.2 Å². The van der Waals surface area contributed by atoms with Crippen LogP contribution in [0.5, 0.6) is 0 Å². The number of hydrogen-bond donors (Lipinski definition) is 2. The van der Waals surface area contributed by atoms with Crippen LogP contribution in [-0.4, -0.2) is 52.5 Å². The second-order valence-corrected chi connectivity index (χ2v) is 5.83. The summed E-state index contributed by atoms with van der Waals surface area (Å²) >= 11 is 1.13. The highest BCUT2D eigenvalue weighted by Gasteiger charge is 2.30. The molecule has 1 fully saturated rings. The summed E-state index contributed by atoms with van der Waals surface area (Å²) in [4.78, 5) is 26.9. The van der Waals surface area contributed by atoms with E-state index in [4.69, 9.17) is 5.73 Å². The maximum Gasteiger partial charge on any atom is 0.267 e. The molecule has 1 aromatic rings. The summed E-state index contributed by atoms with van der Waals surface area (Å²) in [6, 6.07) is 0. The molecule has 1 atom stereocenters. The van der Waals surface area contributed by atoms with Crippen LogP contribution in [0, 0.1) is 5.92 Å². The number of likely N-dealkylation sites (tertiary alicyclic amines) is 1. The van der Waals surface area contributed by atoms with Gasteiger partial charge in [0, 0.05) is 26.2 Å². The van der Waals surface area contributed by atoms with E-state index in [1.165, 1.54) is 0 Å². The predicted molar refractivity (Wildman–Crippen MR) is 80.0 cm³/mol. The number of rotatable bonds is 5. The molecular weight excluding hydrogens is 290 g/mol. The van der Waals surface area contributed by atoms with Gasteiger partial charge in [0.25, 0.3) is 5.91 Å². The summed E-state index contributed by atoms with van der Waals surface area (Å²) in [5, 5.41) is 6.77. The number of nitrogens with one attached hydrogen (secondary N) is 1. The average molecular weight is 311 g/mol. The van der Waals surface area contributed by atoms with Gasteiger partial charge in [-0.25, -0.2) is 0 Å². The van der Waals surface area contributed by atoms with Crippen LogP contribution in [0.25, 0.3) is 0 Å². The molecule has 8 heteroatoms. The van der Waals surface area contributed by atoms with Gasteiger partial charge < -0.3 is 16.0 Å². The van der Waals surface area contributed by atoms with Crippen LogP contribution < -0.4 is 11.1 Å². The van der Waals surface area contributed by atoms with Gasteiger partial charge in [0.2, 0.25) is 5.91 Å². The summed E-state index contributed by atoms with van der Waals surface area (Å²) in [5.74, 6) is -0.227. The molecule has 1 saturated heterocycles. The minimum absolute atomic E-state index is 0.0175. The molecule has 0 radical (unpaired) electrons. The van der Waals surface area contributed by atoms with Gasteiger partial charge in [-0.2, -0.15) is 0 Å². The zero-order valence-electron chi connectivity index (χ0n) is 12.2. The smallest absolute Gasteiger partial charge is 0.267 e. The Hall–Kier alpha value is -1.54. The first-order chi connectivity index (χ1) is 10.2. The van der Waals surface area contributed by atoms with Crippen molar-refractivity contribution in [2.45, 2.75) is 26.2 Å². The maximum absolute atomic E-state index is 12.5. The fraction of sp³-hybridized carbons (Fsp3) is 0.692. The van der Waals surface area contributed by atoms with Gasteiger partial charge in [0.1, 0.15) is 4.88 Å². The van der Waals surface area contributed by atoms with Crippen molar-refractivity contribution in [3.05, 3.63) is 10.6 Å². The van der Waals surface area contributed by atoms with Gasteiger partial charge in [-0.3, -0.25) is 9.59 Å². The molecule has 2 rings (SSSR count). The van der Waals surface area contributed by atoms with E-state index < -0.39 is 0 Å². The van der Waals surface area contributed by atoms with Crippen molar-refractivity contribution in [1.82, 2.24) is 19.8 Å². The third-order valence-corrected chi connectivity index (χ3v) is 4.36.